The highest BCUT2D eigenvalue weighted by atomic mass is 16.6. The minimum Gasteiger partial charge on any atom is -0.466 e. The van der Waals surface area contributed by atoms with E-state index < -0.39 is 29.0 Å². The number of hydrogen-bond donors (Lipinski definition) is 2. The van der Waals surface area contributed by atoms with Crippen LogP contribution in [0.2, 0.25) is 0 Å². The van der Waals surface area contributed by atoms with Crippen molar-refractivity contribution in [3.05, 3.63) is 86.8 Å². The molecule has 3 atom stereocenters. The highest BCUT2D eigenvalue weighted by molar-refractivity contribution is 6.00. The van der Waals surface area contributed by atoms with Gasteiger partial charge >= 0.3 is 11.9 Å². The molecule has 1 aromatic heterocycles. The summed E-state index contributed by atoms with van der Waals surface area (Å²) in [4.78, 5) is 48.8. The Kier molecular flexibility index (Phi) is 8.13. The van der Waals surface area contributed by atoms with Gasteiger partial charge in [-0.25, -0.2) is 19.6 Å². The van der Waals surface area contributed by atoms with Crippen LogP contribution in [0, 0.1) is 10.1 Å². The number of rotatable bonds is 7. The molecule has 4 rings (SSSR count). The average molecular weight is 523 g/mol. The van der Waals surface area contributed by atoms with Crippen molar-refractivity contribution in [1.29, 1.82) is 0 Å². The second kappa shape index (κ2) is 11.5. The monoisotopic (exact) mass is 522 g/mol. The van der Waals surface area contributed by atoms with E-state index in [1.807, 2.05) is 4.90 Å². The van der Waals surface area contributed by atoms with Gasteiger partial charge in [-0.3, -0.25) is 15.0 Å². The van der Waals surface area contributed by atoms with Crippen molar-refractivity contribution >= 4 is 17.6 Å². The molecule has 1 aromatic carbocycles. The Labute approximate surface area is 219 Å². The molecule has 2 aliphatic heterocycles. The van der Waals surface area contributed by atoms with Crippen LogP contribution in [-0.2, 0) is 19.1 Å². The van der Waals surface area contributed by atoms with Gasteiger partial charge in [0.05, 0.1) is 35.1 Å². The molecule has 2 aliphatic rings. The van der Waals surface area contributed by atoms with Gasteiger partial charge in [-0.2, -0.15) is 0 Å². The van der Waals surface area contributed by atoms with E-state index in [1.165, 1.54) is 25.3 Å². The highest BCUT2D eigenvalue weighted by Gasteiger charge is 2.42. The molecule has 1 saturated heterocycles. The summed E-state index contributed by atoms with van der Waals surface area (Å²) in [6, 6.07) is 7.54. The number of piperazine rings is 1. The minimum atomic E-state index is -1.07. The number of dihydropyridines is 1. The molecule has 0 radical (unpaired) electrons. The number of ether oxygens (including phenoxy) is 2. The highest BCUT2D eigenvalue weighted by Crippen LogP contribution is 2.42. The second-order valence-corrected chi connectivity index (χ2v) is 9.01. The number of para-hydroxylation sites is 1. The Morgan fingerprint density at radius 1 is 1.11 bits per heavy atom. The van der Waals surface area contributed by atoms with Crippen molar-refractivity contribution in [2.75, 3.05) is 26.7 Å². The number of allylic oxidation sites excluding steroid dienone is 2. The number of carbonyl (C=O) groups excluding carboxylic acids is 2. The minimum absolute atomic E-state index is 0.0970. The van der Waals surface area contributed by atoms with Crippen molar-refractivity contribution in [2.45, 2.75) is 39.0 Å². The zero-order valence-corrected chi connectivity index (χ0v) is 21.6. The molecular formula is C26H30N6O6. The van der Waals surface area contributed by atoms with E-state index in [-0.39, 0.29) is 28.4 Å². The maximum atomic E-state index is 13.8. The molecule has 3 heterocycles. The van der Waals surface area contributed by atoms with Crippen LogP contribution >= 0.6 is 0 Å². The van der Waals surface area contributed by atoms with Gasteiger partial charge in [-0.05, 0) is 26.8 Å². The summed E-state index contributed by atoms with van der Waals surface area (Å²) in [5.74, 6) is -1.87. The Morgan fingerprint density at radius 3 is 2.42 bits per heavy atom. The van der Waals surface area contributed by atoms with Crippen molar-refractivity contribution in [3.63, 3.8) is 0 Å². The lowest BCUT2D eigenvalue weighted by Crippen LogP contribution is -2.51. The van der Waals surface area contributed by atoms with E-state index in [1.54, 1.807) is 45.3 Å². The van der Waals surface area contributed by atoms with E-state index in [9.17, 15) is 19.7 Å². The number of nitrogens with zero attached hydrogens (tertiary/aromatic N) is 4. The second-order valence-electron chi connectivity index (χ2n) is 9.01. The van der Waals surface area contributed by atoms with Crippen molar-refractivity contribution in [3.8, 4) is 0 Å². The molecule has 0 spiro atoms. The van der Waals surface area contributed by atoms with Gasteiger partial charge < -0.3 is 20.1 Å². The first kappa shape index (κ1) is 26.9. The lowest BCUT2D eigenvalue weighted by Gasteiger charge is -2.39. The van der Waals surface area contributed by atoms with E-state index in [2.05, 4.69) is 20.6 Å². The molecule has 1 fully saturated rings. The molecule has 2 aromatic rings. The van der Waals surface area contributed by atoms with Crippen LogP contribution < -0.4 is 10.6 Å². The maximum Gasteiger partial charge on any atom is 0.338 e. The predicted molar refractivity (Wildman–Crippen MR) is 136 cm³/mol. The number of nitro benzene ring substituents is 1. The number of esters is 2. The maximum absolute atomic E-state index is 13.8. The standard InChI is InChI=1S/C26H30N6O6/c1-15-21(25(33)37-4)23(18-8-5-6-9-19(18)32(35)36)22(16(2)30-15)26(34)38-17(3)31-13-12-27-14-20(31)24-28-10-7-11-29-24/h5-11,17,20,23,27,30H,12-14H2,1-4H3. The summed E-state index contributed by atoms with van der Waals surface area (Å²) < 4.78 is 11.0. The predicted octanol–water partition coefficient (Wildman–Crippen LogP) is 2.33. The van der Waals surface area contributed by atoms with Crippen molar-refractivity contribution < 1.29 is 24.0 Å². The molecule has 12 nitrogen and oxygen atoms in total. The van der Waals surface area contributed by atoms with Crippen LogP contribution in [-0.4, -0.2) is 64.7 Å². The molecule has 3 unspecified atom stereocenters. The smallest absolute Gasteiger partial charge is 0.338 e. The zero-order valence-electron chi connectivity index (χ0n) is 21.6. The molecule has 0 amide bonds. The number of methoxy groups -OCH3 is 1. The number of aromatic nitrogens is 2. The Hall–Kier alpha value is -4.16. The topological polar surface area (TPSA) is 149 Å². The quantitative estimate of drug-likeness (QED) is 0.313. The summed E-state index contributed by atoms with van der Waals surface area (Å²) >= 11 is 0. The van der Waals surface area contributed by atoms with Gasteiger partial charge in [0.25, 0.3) is 5.69 Å². The fourth-order valence-electron chi connectivity index (χ4n) is 5.02. The van der Waals surface area contributed by atoms with Gasteiger partial charge in [-0.1, -0.05) is 18.2 Å². The van der Waals surface area contributed by atoms with Crippen LogP contribution in [0.1, 0.15) is 44.1 Å². The number of nitro groups is 1. The first-order valence-electron chi connectivity index (χ1n) is 12.2. The largest absolute Gasteiger partial charge is 0.466 e. The summed E-state index contributed by atoms with van der Waals surface area (Å²) in [5.41, 5.74) is 1.03. The molecular weight excluding hydrogens is 492 g/mol. The third-order valence-corrected chi connectivity index (χ3v) is 6.74. The Morgan fingerprint density at radius 2 is 1.76 bits per heavy atom. The van der Waals surface area contributed by atoms with Crippen LogP contribution in [0.3, 0.4) is 0 Å². The van der Waals surface area contributed by atoms with E-state index in [4.69, 9.17) is 9.47 Å². The lowest BCUT2D eigenvalue weighted by molar-refractivity contribution is -0.385. The average Bonchev–Trinajstić information content (AvgIpc) is 2.92. The molecule has 0 saturated carbocycles. The Balaban J connectivity index is 1.71. The number of hydrogen-bond acceptors (Lipinski definition) is 11. The van der Waals surface area contributed by atoms with Crippen LogP contribution in [0.25, 0.3) is 0 Å². The van der Waals surface area contributed by atoms with E-state index >= 15 is 0 Å². The number of nitrogens with one attached hydrogen (secondary N) is 2. The van der Waals surface area contributed by atoms with Crippen molar-refractivity contribution in [2.24, 2.45) is 0 Å². The SMILES string of the molecule is COC(=O)C1=C(C)NC(C)=C(C(=O)OC(C)N2CCNCC2c2ncccn2)C1c1ccccc1[N+](=O)[O-]. The number of benzene rings is 1. The van der Waals surface area contributed by atoms with Gasteiger partial charge in [0, 0.05) is 55.1 Å². The summed E-state index contributed by atoms with van der Waals surface area (Å²) in [6.45, 7) is 6.92. The van der Waals surface area contributed by atoms with E-state index in [0.29, 0.717) is 36.9 Å². The Bertz CT molecular complexity index is 1290. The molecule has 200 valence electrons. The molecule has 38 heavy (non-hydrogen) atoms. The lowest BCUT2D eigenvalue weighted by atomic mass is 9.79. The first-order valence-corrected chi connectivity index (χ1v) is 12.2. The third-order valence-electron chi connectivity index (χ3n) is 6.74. The summed E-state index contributed by atoms with van der Waals surface area (Å²) in [7, 11) is 1.22. The van der Waals surface area contributed by atoms with E-state index in [0.717, 1.165) is 0 Å². The third kappa shape index (κ3) is 5.27. The fourth-order valence-corrected chi connectivity index (χ4v) is 5.02. The van der Waals surface area contributed by atoms with Crippen LogP contribution in [0.15, 0.2) is 65.3 Å². The number of carbonyl (C=O) groups is 2. The molecule has 2 N–H and O–H groups in total. The van der Waals surface area contributed by atoms with Crippen molar-refractivity contribution in [1.82, 2.24) is 25.5 Å². The fraction of sp³-hybridized carbons (Fsp3) is 0.385. The van der Waals surface area contributed by atoms with Gasteiger partial charge in [-0.15, -0.1) is 0 Å². The summed E-state index contributed by atoms with van der Waals surface area (Å²) in [5, 5.41) is 18.3. The normalized spacial score (nSPS) is 20.9. The van der Waals surface area contributed by atoms with Crippen LogP contribution in [0.5, 0.6) is 0 Å². The van der Waals surface area contributed by atoms with Gasteiger partial charge in [0.15, 0.2) is 6.23 Å². The molecule has 0 aliphatic carbocycles. The first-order chi connectivity index (χ1) is 18.2. The van der Waals surface area contributed by atoms with Gasteiger partial charge in [0.1, 0.15) is 5.82 Å². The van der Waals surface area contributed by atoms with Gasteiger partial charge in [0.2, 0.25) is 0 Å². The molecule has 0 bridgehead atoms. The molecule has 12 heteroatoms. The summed E-state index contributed by atoms with van der Waals surface area (Å²) in [6.07, 6.45) is 2.64. The zero-order chi connectivity index (χ0) is 27.4. The van der Waals surface area contributed by atoms with Crippen LogP contribution in [0.4, 0.5) is 5.69 Å².